The molecule has 5 heterocycles. The second-order valence-electron chi connectivity index (χ2n) is 7.53. The lowest BCUT2D eigenvalue weighted by Crippen LogP contribution is -2.33. The van der Waals surface area contributed by atoms with E-state index in [0.29, 0.717) is 12.2 Å². The summed E-state index contributed by atoms with van der Waals surface area (Å²) in [4.78, 5) is 27.0. The van der Waals surface area contributed by atoms with Gasteiger partial charge in [0.25, 0.3) is 5.56 Å². The highest BCUT2D eigenvalue weighted by Crippen LogP contribution is 2.29. The van der Waals surface area contributed by atoms with E-state index in [2.05, 4.69) is 31.0 Å². The number of pyridine rings is 2. The van der Waals surface area contributed by atoms with Gasteiger partial charge in [0.05, 0.1) is 0 Å². The van der Waals surface area contributed by atoms with Crippen molar-refractivity contribution in [2.75, 3.05) is 11.4 Å². The Morgan fingerprint density at radius 1 is 1.03 bits per heavy atom. The Balaban J connectivity index is 1.53. The zero-order valence-electron chi connectivity index (χ0n) is 16.6. The molecule has 0 spiro atoms. The largest absolute Gasteiger partial charge is 0.350 e. The van der Waals surface area contributed by atoms with Gasteiger partial charge in [0.15, 0.2) is 11.5 Å². The smallest absolute Gasteiger partial charge is 0.274 e. The molecule has 1 aliphatic heterocycles. The molecule has 0 radical (unpaired) electrons. The lowest BCUT2D eigenvalue weighted by molar-refractivity contribution is 0.583. The van der Waals surface area contributed by atoms with Crippen molar-refractivity contribution in [3.63, 3.8) is 0 Å². The average molecular weight is 402 g/mol. The number of anilines is 1. The third kappa shape index (κ3) is 3.10. The summed E-state index contributed by atoms with van der Waals surface area (Å²) in [6.45, 7) is 5.21. The summed E-state index contributed by atoms with van der Waals surface area (Å²) in [5, 5.41) is 4.57. The molecule has 30 heavy (non-hydrogen) atoms. The summed E-state index contributed by atoms with van der Waals surface area (Å²) < 4.78 is 14.7. The number of hydrogen-bond acceptors (Lipinski definition) is 6. The Morgan fingerprint density at radius 2 is 1.90 bits per heavy atom. The Kier molecular flexibility index (Phi) is 4.27. The van der Waals surface area contributed by atoms with E-state index in [-0.39, 0.29) is 5.56 Å². The molecule has 0 saturated heterocycles. The van der Waals surface area contributed by atoms with E-state index in [9.17, 15) is 9.18 Å². The Morgan fingerprint density at radius 3 is 2.73 bits per heavy atom. The minimum atomic E-state index is -0.490. The normalized spacial score (nSPS) is 13.5. The molecule has 0 bridgehead atoms. The average Bonchev–Trinajstić information content (AvgIpc) is 2.73. The van der Waals surface area contributed by atoms with E-state index >= 15 is 0 Å². The maximum Gasteiger partial charge on any atom is 0.274 e. The van der Waals surface area contributed by atoms with E-state index in [1.54, 1.807) is 6.20 Å². The van der Waals surface area contributed by atoms with E-state index in [1.807, 2.05) is 26.1 Å². The molecule has 0 unspecified atom stereocenters. The molecule has 7 nitrogen and oxygen atoms in total. The Hall–Kier alpha value is -3.68. The standard InChI is InChI=1S/C22H19FN6O/c1-13-7-19(23)26-11-17(13)15-9-16-12-28(6-4-18(16)25-10-15)22-14(2)8-20-24-5-3-21(30)29(20)27-22/h3,5,7-11H,4,6,12H2,1-2H3. The number of hydrogen-bond donors (Lipinski definition) is 0. The molecule has 0 atom stereocenters. The van der Waals surface area contributed by atoms with Crippen LogP contribution in [0.5, 0.6) is 0 Å². The van der Waals surface area contributed by atoms with Crippen molar-refractivity contribution >= 4 is 11.5 Å². The van der Waals surface area contributed by atoms with Crippen molar-refractivity contribution in [1.29, 1.82) is 0 Å². The lowest BCUT2D eigenvalue weighted by atomic mass is 9.99. The molecule has 0 aromatic carbocycles. The first-order valence-corrected chi connectivity index (χ1v) is 9.70. The van der Waals surface area contributed by atoms with Crippen LogP contribution in [0, 0.1) is 19.8 Å². The first-order valence-electron chi connectivity index (χ1n) is 9.70. The second kappa shape index (κ2) is 6.98. The zero-order chi connectivity index (χ0) is 20.8. The Bertz CT molecular complexity index is 1350. The van der Waals surface area contributed by atoms with Gasteiger partial charge in [-0.2, -0.15) is 8.91 Å². The fraction of sp³-hybridized carbons (Fsp3) is 0.227. The van der Waals surface area contributed by atoms with Crippen molar-refractivity contribution in [2.45, 2.75) is 26.8 Å². The minimum absolute atomic E-state index is 0.207. The quantitative estimate of drug-likeness (QED) is 0.480. The third-order valence-electron chi connectivity index (χ3n) is 5.47. The lowest BCUT2D eigenvalue weighted by Gasteiger charge is -2.30. The van der Waals surface area contributed by atoms with Crippen LogP contribution in [0.4, 0.5) is 10.2 Å². The molecule has 0 amide bonds. The predicted molar refractivity (Wildman–Crippen MR) is 111 cm³/mol. The van der Waals surface area contributed by atoms with Gasteiger partial charge >= 0.3 is 0 Å². The molecule has 8 heteroatoms. The number of halogens is 1. The van der Waals surface area contributed by atoms with Gasteiger partial charge in [0.1, 0.15) is 0 Å². The van der Waals surface area contributed by atoms with Crippen LogP contribution in [-0.2, 0) is 13.0 Å². The fourth-order valence-corrected chi connectivity index (χ4v) is 3.94. The van der Waals surface area contributed by atoms with Crippen molar-refractivity contribution in [3.8, 4) is 11.1 Å². The predicted octanol–water partition coefficient (Wildman–Crippen LogP) is 2.87. The van der Waals surface area contributed by atoms with Crippen LogP contribution in [0.15, 0.2) is 47.7 Å². The van der Waals surface area contributed by atoms with Crippen molar-refractivity contribution in [3.05, 3.63) is 81.5 Å². The maximum atomic E-state index is 13.4. The van der Waals surface area contributed by atoms with Crippen LogP contribution in [0.2, 0.25) is 0 Å². The second-order valence-corrected chi connectivity index (χ2v) is 7.53. The number of fused-ring (bicyclic) bond motifs is 2. The highest BCUT2D eigenvalue weighted by molar-refractivity contribution is 5.66. The van der Waals surface area contributed by atoms with Crippen molar-refractivity contribution < 1.29 is 4.39 Å². The topological polar surface area (TPSA) is 76.3 Å². The van der Waals surface area contributed by atoms with Gasteiger partial charge in [-0.25, -0.2) is 9.97 Å². The van der Waals surface area contributed by atoms with Crippen LogP contribution in [0.3, 0.4) is 0 Å². The molecule has 4 aromatic rings. The first kappa shape index (κ1) is 18.4. The molecule has 0 fully saturated rings. The molecule has 0 saturated carbocycles. The van der Waals surface area contributed by atoms with E-state index in [1.165, 1.54) is 22.8 Å². The minimum Gasteiger partial charge on any atom is -0.350 e. The first-order chi connectivity index (χ1) is 14.5. The van der Waals surface area contributed by atoms with Gasteiger partial charge < -0.3 is 4.90 Å². The van der Waals surface area contributed by atoms with Gasteiger partial charge in [-0.15, -0.1) is 5.10 Å². The van der Waals surface area contributed by atoms with Gasteiger partial charge in [0.2, 0.25) is 5.95 Å². The van der Waals surface area contributed by atoms with Crippen LogP contribution < -0.4 is 10.5 Å². The molecule has 150 valence electrons. The summed E-state index contributed by atoms with van der Waals surface area (Å²) in [5.74, 6) is 0.268. The van der Waals surface area contributed by atoms with Crippen molar-refractivity contribution in [1.82, 2.24) is 24.6 Å². The third-order valence-corrected chi connectivity index (χ3v) is 5.47. The van der Waals surface area contributed by atoms with Gasteiger partial charge in [-0.1, -0.05) is 0 Å². The van der Waals surface area contributed by atoms with Crippen LogP contribution in [-0.4, -0.2) is 31.1 Å². The highest BCUT2D eigenvalue weighted by atomic mass is 19.1. The molecule has 1 aliphatic rings. The maximum absolute atomic E-state index is 13.4. The summed E-state index contributed by atoms with van der Waals surface area (Å²) in [6.07, 6.45) is 5.64. The molecule has 0 aliphatic carbocycles. The highest BCUT2D eigenvalue weighted by Gasteiger charge is 2.22. The van der Waals surface area contributed by atoms with E-state index in [4.69, 9.17) is 0 Å². The summed E-state index contributed by atoms with van der Waals surface area (Å²) in [5.41, 5.74) is 5.99. The molecular formula is C22H19FN6O. The molecule has 0 N–H and O–H groups in total. The monoisotopic (exact) mass is 402 g/mol. The number of nitrogens with zero attached hydrogens (tertiary/aromatic N) is 6. The van der Waals surface area contributed by atoms with E-state index < -0.39 is 5.95 Å². The van der Waals surface area contributed by atoms with Gasteiger partial charge in [-0.05, 0) is 48.7 Å². The van der Waals surface area contributed by atoms with Gasteiger partial charge in [0, 0.05) is 61.0 Å². The molecule has 4 aromatic heterocycles. The molecular weight excluding hydrogens is 383 g/mol. The summed E-state index contributed by atoms with van der Waals surface area (Å²) in [6, 6.07) is 6.79. The number of aryl methyl sites for hydroxylation is 2. The summed E-state index contributed by atoms with van der Waals surface area (Å²) in [7, 11) is 0. The van der Waals surface area contributed by atoms with Crippen LogP contribution >= 0.6 is 0 Å². The summed E-state index contributed by atoms with van der Waals surface area (Å²) >= 11 is 0. The van der Waals surface area contributed by atoms with E-state index in [0.717, 1.165) is 52.3 Å². The Labute approximate surface area is 171 Å². The van der Waals surface area contributed by atoms with Crippen LogP contribution in [0.1, 0.15) is 22.4 Å². The molecule has 5 rings (SSSR count). The van der Waals surface area contributed by atoms with Gasteiger partial charge in [-0.3, -0.25) is 9.78 Å². The zero-order valence-corrected chi connectivity index (χ0v) is 16.6. The number of rotatable bonds is 2. The number of aromatic nitrogens is 5. The SMILES string of the molecule is Cc1cc(F)ncc1-c1cnc2c(c1)CN(c1nn3c(=O)ccnc3cc1C)CC2. The van der Waals surface area contributed by atoms with Crippen molar-refractivity contribution in [2.24, 2.45) is 0 Å². The fourth-order valence-electron chi connectivity index (χ4n) is 3.94. The van der Waals surface area contributed by atoms with Crippen LogP contribution in [0.25, 0.3) is 16.8 Å².